The number of urea groups is 1. The first-order valence-electron chi connectivity index (χ1n) is 17.6. The van der Waals surface area contributed by atoms with Gasteiger partial charge >= 0.3 is 6.03 Å². The summed E-state index contributed by atoms with van der Waals surface area (Å²) < 4.78 is 41.4. The number of fused-ring (bicyclic) bond motifs is 1. The number of nitrogens with one attached hydrogen (secondary N) is 1. The minimum Gasteiger partial charge on any atom is -0.495 e. The molecule has 3 heterocycles. The Morgan fingerprint density at radius 2 is 1.63 bits per heavy atom. The molecule has 51 heavy (non-hydrogen) atoms. The molecule has 0 radical (unpaired) electrons. The highest BCUT2D eigenvalue weighted by Crippen LogP contribution is 2.50. The summed E-state index contributed by atoms with van der Waals surface area (Å²) in [5.41, 5.74) is -1.44. The Kier molecular flexibility index (Phi) is 10.6. The van der Waals surface area contributed by atoms with E-state index in [0.29, 0.717) is 24.9 Å². The number of piperidine rings is 1. The molecule has 13 heteroatoms. The molecular formula is C38H46N6O6S. The first-order chi connectivity index (χ1) is 24.5. The lowest BCUT2D eigenvalue weighted by Gasteiger charge is -2.43. The van der Waals surface area contributed by atoms with Gasteiger partial charge in [0.2, 0.25) is 0 Å². The largest absolute Gasteiger partial charge is 0.495 e. The van der Waals surface area contributed by atoms with E-state index in [1.165, 1.54) is 37.4 Å². The van der Waals surface area contributed by atoms with Gasteiger partial charge < -0.3 is 24.6 Å². The molecule has 0 aliphatic carbocycles. The van der Waals surface area contributed by atoms with Crippen LogP contribution >= 0.6 is 0 Å². The summed E-state index contributed by atoms with van der Waals surface area (Å²) in [6.45, 7) is 12.0. The third-order valence-corrected chi connectivity index (χ3v) is 11.7. The topological polar surface area (TPSA) is 136 Å². The van der Waals surface area contributed by atoms with E-state index in [0.717, 1.165) is 56.3 Å². The summed E-state index contributed by atoms with van der Waals surface area (Å²) in [5.74, 6) is -0.571. The summed E-state index contributed by atoms with van der Waals surface area (Å²) in [5, 5.41) is 13.0. The van der Waals surface area contributed by atoms with Crippen LogP contribution in [-0.4, -0.2) is 100 Å². The Bertz CT molecular complexity index is 1910. The van der Waals surface area contributed by atoms with E-state index in [1.807, 2.05) is 13.8 Å². The third-order valence-electron chi connectivity index (χ3n) is 10.0. The molecule has 0 bridgehead atoms. The standard InChI is InChI=1S/C38H46N6O6S/c1-5-18-41-21-23-42(24-22-41)29-16-19-43(20-17-29)37(46)40-38(30-10-6-7-11-33(30)50-27(2)3)31-25-28(26-39)14-15-32(31)44(36(38)45)51(47,48)35-13-9-8-12-34(35)49-4/h6-15,25,27,29H,5,16-24H2,1-4H3,(H,40,46). The van der Waals surface area contributed by atoms with Gasteiger partial charge in [-0.3, -0.25) is 9.69 Å². The van der Waals surface area contributed by atoms with Crippen LogP contribution in [0.5, 0.6) is 11.5 Å². The first-order valence-corrected chi connectivity index (χ1v) is 19.1. The van der Waals surface area contributed by atoms with Crippen LogP contribution < -0.4 is 19.1 Å². The number of likely N-dealkylation sites (tertiary alicyclic amines) is 1. The van der Waals surface area contributed by atoms with Gasteiger partial charge in [0.15, 0.2) is 5.54 Å². The van der Waals surface area contributed by atoms with Crippen LogP contribution in [0.1, 0.15) is 56.7 Å². The van der Waals surface area contributed by atoms with E-state index >= 15 is 4.79 Å². The molecule has 1 unspecified atom stereocenters. The molecule has 3 aliphatic rings. The van der Waals surface area contributed by atoms with Gasteiger partial charge in [0, 0.05) is 56.4 Å². The Hall–Kier alpha value is -4.64. The fourth-order valence-corrected chi connectivity index (χ4v) is 9.18. The second kappa shape index (κ2) is 14.9. The number of sulfonamides is 1. The van der Waals surface area contributed by atoms with Crippen molar-refractivity contribution in [3.8, 4) is 17.6 Å². The number of hydrogen-bond acceptors (Lipinski definition) is 9. The summed E-state index contributed by atoms with van der Waals surface area (Å²) in [7, 11) is -3.25. The number of carbonyl (C=O) groups excluding carboxylic acids is 2. The molecule has 3 amide bonds. The number of para-hydroxylation sites is 2. The van der Waals surface area contributed by atoms with Crippen molar-refractivity contribution in [3.05, 3.63) is 83.4 Å². The number of piperazine rings is 1. The van der Waals surface area contributed by atoms with Crippen molar-refractivity contribution in [1.29, 1.82) is 5.26 Å². The number of amides is 3. The molecule has 270 valence electrons. The quantitative estimate of drug-likeness (QED) is 0.321. The highest BCUT2D eigenvalue weighted by atomic mass is 32.2. The molecule has 12 nitrogen and oxygen atoms in total. The van der Waals surface area contributed by atoms with Crippen LogP contribution in [-0.2, 0) is 20.4 Å². The normalized spacial score (nSPS) is 20.3. The van der Waals surface area contributed by atoms with Gasteiger partial charge in [0.25, 0.3) is 15.9 Å². The minimum absolute atomic E-state index is 0.0190. The van der Waals surface area contributed by atoms with Gasteiger partial charge in [-0.15, -0.1) is 0 Å². The Balaban J connectivity index is 1.41. The van der Waals surface area contributed by atoms with Crippen molar-refractivity contribution in [2.24, 2.45) is 0 Å². The van der Waals surface area contributed by atoms with Gasteiger partial charge in [-0.1, -0.05) is 37.3 Å². The van der Waals surface area contributed by atoms with Gasteiger partial charge in [-0.2, -0.15) is 9.57 Å². The zero-order chi connectivity index (χ0) is 36.3. The number of carbonyl (C=O) groups is 2. The van der Waals surface area contributed by atoms with E-state index in [2.05, 4.69) is 28.1 Å². The average Bonchev–Trinajstić information content (AvgIpc) is 3.39. The molecule has 0 saturated carbocycles. The maximum atomic E-state index is 15.2. The molecule has 3 aromatic carbocycles. The smallest absolute Gasteiger partial charge is 0.318 e. The summed E-state index contributed by atoms with van der Waals surface area (Å²) in [6, 6.07) is 19.2. The second-order valence-electron chi connectivity index (χ2n) is 13.5. The zero-order valence-corrected chi connectivity index (χ0v) is 30.5. The van der Waals surface area contributed by atoms with Gasteiger partial charge in [0.1, 0.15) is 16.4 Å². The molecule has 2 fully saturated rings. The molecule has 1 N–H and O–H groups in total. The number of rotatable bonds is 10. The number of nitrogens with zero attached hydrogens (tertiary/aromatic N) is 5. The lowest BCUT2D eigenvalue weighted by molar-refractivity contribution is -0.121. The van der Waals surface area contributed by atoms with Crippen molar-refractivity contribution >= 4 is 27.6 Å². The Morgan fingerprint density at radius 3 is 2.27 bits per heavy atom. The highest BCUT2D eigenvalue weighted by molar-refractivity contribution is 7.93. The number of ether oxygens (including phenoxy) is 2. The summed E-state index contributed by atoms with van der Waals surface area (Å²) >= 11 is 0. The van der Waals surface area contributed by atoms with Crippen molar-refractivity contribution < 1.29 is 27.5 Å². The van der Waals surface area contributed by atoms with Crippen molar-refractivity contribution in [1.82, 2.24) is 20.0 Å². The molecule has 2 saturated heterocycles. The number of anilines is 1. The fourth-order valence-electron chi connectivity index (χ4n) is 7.55. The molecule has 0 spiro atoms. The van der Waals surface area contributed by atoms with Crippen LogP contribution in [0, 0.1) is 11.3 Å². The SMILES string of the molecule is CCCN1CCN(C2CCN(C(=O)NC3(c4ccccc4OC(C)C)C(=O)N(S(=O)(=O)c4ccccc4OC)c4ccc(C#N)cc43)CC2)CC1. The minimum atomic E-state index is -4.61. The maximum Gasteiger partial charge on any atom is 0.318 e. The summed E-state index contributed by atoms with van der Waals surface area (Å²) in [6.07, 6.45) is 2.38. The van der Waals surface area contributed by atoms with Gasteiger partial charge in [-0.25, -0.2) is 13.2 Å². The van der Waals surface area contributed by atoms with E-state index in [4.69, 9.17) is 9.47 Å². The maximum absolute atomic E-state index is 15.2. The average molecular weight is 715 g/mol. The molecular weight excluding hydrogens is 669 g/mol. The van der Waals surface area contributed by atoms with Crippen LogP contribution in [0.4, 0.5) is 10.5 Å². The zero-order valence-electron chi connectivity index (χ0n) is 29.7. The van der Waals surface area contributed by atoms with E-state index < -0.39 is 27.5 Å². The number of benzene rings is 3. The number of methoxy groups -OCH3 is 1. The molecule has 6 rings (SSSR count). The van der Waals surface area contributed by atoms with Crippen molar-refractivity contribution in [3.63, 3.8) is 0 Å². The molecule has 1 atom stereocenters. The first kappa shape index (κ1) is 36.2. The molecule has 0 aromatic heterocycles. The monoisotopic (exact) mass is 714 g/mol. The summed E-state index contributed by atoms with van der Waals surface area (Å²) in [4.78, 5) is 36.1. The van der Waals surface area contributed by atoms with Crippen LogP contribution in [0.2, 0.25) is 0 Å². The van der Waals surface area contributed by atoms with Gasteiger partial charge in [0.05, 0.1) is 30.5 Å². The highest BCUT2D eigenvalue weighted by Gasteiger charge is 2.59. The second-order valence-corrected chi connectivity index (χ2v) is 15.3. The number of nitriles is 1. The Morgan fingerprint density at radius 1 is 0.961 bits per heavy atom. The van der Waals surface area contributed by atoms with Crippen LogP contribution in [0.15, 0.2) is 71.6 Å². The predicted octanol–water partition coefficient (Wildman–Crippen LogP) is 4.53. The van der Waals surface area contributed by atoms with E-state index in [9.17, 15) is 18.5 Å². The Labute approximate surface area is 300 Å². The van der Waals surface area contributed by atoms with Crippen LogP contribution in [0.3, 0.4) is 0 Å². The van der Waals surface area contributed by atoms with Crippen molar-refractivity contribution in [2.75, 3.05) is 57.2 Å². The third kappa shape index (κ3) is 6.76. The molecule has 3 aromatic rings. The van der Waals surface area contributed by atoms with E-state index in [-0.39, 0.29) is 39.1 Å². The van der Waals surface area contributed by atoms with Gasteiger partial charge in [-0.05, 0) is 76.1 Å². The van der Waals surface area contributed by atoms with Crippen molar-refractivity contribution in [2.45, 2.75) is 62.6 Å². The lowest BCUT2D eigenvalue weighted by Crippen LogP contribution is -2.59. The number of hydrogen-bond donors (Lipinski definition) is 1. The fraction of sp³-hybridized carbons (Fsp3) is 0.447. The predicted molar refractivity (Wildman–Crippen MR) is 193 cm³/mol. The molecule has 3 aliphatic heterocycles. The van der Waals surface area contributed by atoms with E-state index in [1.54, 1.807) is 41.3 Å². The van der Waals surface area contributed by atoms with Crippen LogP contribution in [0.25, 0.3) is 0 Å². The lowest BCUT2D eigenvalue weighted by atomic mass is 9.82.